The Labute approximate surface area is 65.8 Å². The monoisotopic (exact) mass is 150 g/mol. The second kappa shape index (κ2) is 4.44. The maximum Gasteiger partial charge on any atom is 0.0788 e. The van der Waals surface area contributed by atoms with Gasteiger partial charge in [0.25, 0.3) is 0 Å². The van der Waals surface area contributed by atoms with Crippen LogP contribution in [0.3, 0.4) is 0 Å². The van der Waals surface area contributed by atoms with E-state index in [1.54, 1.807) is 32.0 Å². The topological polar surface area (TPSA) is 35.0 Å². The number of rotatable bonds is 3. The van der Waals surface area contributed by atoms with Crippen molar-refractivity contribution in [2.24, 2.45) is 0 Å². The van der Waals surface area contributed by atoms with Crippen LogP contribution in [0.15, 0.2) is 30.9 Å². The zero-order valence-corrected chi connectivity index (χ0v) is 6.40. The minimum atomic E-state index is 0.766. The van der Waals surface area contributed by atoms with E-state index in [2.05, 4.69) is 9.97 Å². The zero-order chi connectivity index (χ0) is 7.94. The molecule has 0 amide bonds. The molecule has 0 N–H and O–H groups in total. The zero-order valence-electron chi connectivity index (χ0n) is 6.40. The summed E-state index contributed by atoms with van der Waals surface area (Å²) in [6.07, 6.45) is 9.36. The van der Waals surface area contributed by atoms with Gasteiger partial charge in [0.2, 0.25) is 0 Å². The molecule has 0 radical (unpaired) electrons. The number of nitrogens with zero attached hydrogens (tertiary/aromatic N) is 2. The Bertz CT molecular complexity index is 221. The van der Waals surface area contributed by atoms with E-state index in [9.17, 15) is 0 Å². The van der Waals surface area contributed by atoms with Gasteiger partial charge in [-0.1, -0.05) is 0 Å². The fourth-order valence-electron chi connectivity index (χ4n) is 0.700. The maximum absolute atomic E-state index is 4.73. The van der Waals surface area contributed by atoms with Crippen molar-refractivity contribution in [1.29, 1.82) is 0 Å². The van der Waals surface area contributed by atoms with E-state index in [1.165, 1.54) is 0 Å². The maximum atomic E-state index is 4.73. The highest BCUT2D eigenvalue weighted by Crippen LogP contribution is 1.92. The summed E-state index contributed by atoms with van der Waals surface area (Å²) in [7, 11) is 1.62. The van der Waals surface area contributed by atoms with Gasteiger partial charge in [-0.25, -0.2) is 0 Å². The van der Waals surface area contributed by atoms with E-state index in [4.69, 9.17) is 4.74 Å². The average molecular weight is 150 g/mol. The predicted molar refractivity (Wildman–Crippen MR) is 41.9 cm³/mol. The van der Waals surface area contributed by atoms with Crippen LogP contribution in [0, 0.1) is 0 Å². The molecule has 58 valence electrons. The standard InChI is InChI=1S/C8H10N2O/c1-11-6-2-3-8-7-9-4-5-10-8/h2,4-7H,3H2,1H3. The molecule has 3 nitrogen and oxygen atoms in total. The van der Waals surface area contributed by atoms with Crippen LogP contribution in [0.2, 0.25) is 0 Å². The fraction of sp³-hybridized carbons (Fsp3) is 0.250. The first-order chi connectivity index (χ1) is 5.43. The van der Waals surface area contributed by atoms with Crippen LogP contribution in [-0.4, -0.2) is 17.1 Å². The van der Waals surface area contributed by atoms with Crippen LogP contribution in [0.25, 0.3) is 0 Å². The minimum Gasteiger partial charge on any atom is -0.505 e. The number of ether oxygens (including phenoxy) is 1. The Morgan fingerprint density at radius 2 is 2.45 bits per heavy atom. The van der Waals surface area contributed by atoms with Crippen LogP contribution < -0.4 is 0 Å². The SMILES string of the molecule is COC=CCc1cnccn1. The molecule has 1 heterocycles. The number of methoxy groups -OCH3 is 1. The van der Waals surface area contributed by atoms with Gasteiger partial charge in [0, 0.05) is 25.0 Å². The highest BCUT2D eigenvalue weighted by atomic mass is 16.5. The van der Waals surface area contributed by atoms with Gasteiger partial charge in [0.15, 0.2) is 0 Å². The molecule has 1 aromatic rings. The van der Waals surface area contributed by atoms with E-state index in [1.807, 2.05) is 6.08 Å². The molecule has 0 saturated heterocycles. The minimum absolute atomic E-state index is 0.766. The third-order valence-electron chi connectivity index (χ3n) is 1.18. The summed E-state index contributed by atoms with van der Waals surface area (Å²) in [4.78, 5) is 8.01. The summed E-state index contributed by atoms with van der Waals surface area (Å²) in [5.41, 5.74) is 0.945. The molecule has 0 aliphatic carbocycles. The van der Waals surface area contributed by atoms with Crippen molar-refractivity contribution in [3.63, 3.8) is 0 Å². The van der Waals surface area contributed by atoms with Crippen molar-refractivity contribution in [3.8, 4) is 0 Å². The molecule has 0 aromatic carbocycles. The van der Waals surface area contributed by atoms with E-state index in [0.717, 1.165) is 12.1 Å². The van der Waals surface area contributed by atoms with Gasteiger partial charge in [0.1, 0.15) is 0 Å². The number of aromatic nitrogens is 2. The third-order valence-corrected chi connectivity index (χ3v) is 1.18. The molecule has 11 heavy (non-hydrogen) atoms. The molecular formula is C8H10N2O. The quantitative estimate of drug-likeness (QED) is 0.607. The molecule has 0 fully saturated rings. The first-order valence-corrected chi connectivity index (χ1v) is 3.36. The molecular weight excluding hydrogens is 140 g/mol. The van der Waals surface area contributed by atoms with Crippen molar-refractivity contribution in [2.75, 3.05) is 7.11 Å². The van der Waals surface area contributed by atoms with Gasteiger partial charge in [-0.3, -0.25) is 9.97 Å². The third kappa shape index (κ3) is 2.80. The van der Waals surface area contributed by atoms with Crippen LogP contribution in [0.1, 0.15) is 5.69 Å². The van der Waals surface area contributed by atoms with Crippen molar-refractivity contribution in [1.82, 2.24) is 9.97 Å². The number of allylic oxidation sites excluding steroid dienone is 1. The van der Waals surface area contributed by atoms with Crippen LogP contribution in [0.4, 0.5) is 0 Å². The number of hydrogen-bond donors (Lipinski definition) is 0. The normalized spacial score (nSPS) is 10.3. The van der Waals surface area contributed by atoms with Gasteiger partial charge in [-0.15, -0.1) is 0 Å². The van der Waals surface area contributed by atoms with Gasteiger partial charge >= 0.3 is 0 Å². The van der Waals surface area contributed by atoms with Crippen molar-refractivity contribution >= 4 is 0 Å². The van der Waals surface area contributed by atoms with Crippen molar-refractivity contribution in [2.45, 2.75) is 6.42 Å². The van der Waals surface area contributed by atoms with Crippen LogP contribution in [-0.2, 0) is 11.2 Å². The highest BCUT2D eigenvalue weighted by molar-refractivity contribution is 5.00. The van der Waals surface area contributed by atoms with E-state index >= 15 is 0 Å². The van der Waals surface area contributed by atoms with Crippen molar-refractivity contribution in [3.05, 3.63) is 36.6 Å². The molecule has 0 aliphatic heterocycles. The summed E-state index contributed by atoms with van der Waals surface area (Å²) in [5, 5.41) is 0. The molecule has 0 unspecified atom stereocenters. The first-order valence-electron chi connectivity index (χ1n) is 3.36. The molecule has 0 spiro atoms. The lowest BCUT2D eigenvalue weighted by Gasteiger charge is -1.91. The number of hydrogen-bond acceptors (Lipinski definition) is 3. The summed E-state index contributed by atoms with van der Waals surface area (Å²) < 4.78 is 4.73. The van der Waals surface area contributed by atoms with E-state index < -0.39 is 0 Å². The second-order valence-corrected chi connectivity index (χ2v) is 2.01. The van der Waals surface area contributed by atoms with Crippen LogP contribution in [0.5, 0.6) is 0 Å². The Morgan fingerprint density at radius 3 is 3.09 bits per heavy atom. The Hall–Kier alpha value is -1.38. The predicted octanol–water partition coefficient (Wildman–Crippen LogP) is 1.18. The molecule has 1 aromatic heterocycles. The fourth-order valence-corrected chi connectivity index (χ4v) is 0.700. The molecule has 0 saturated carbocycles. The van der Waals surface area contributed by atoms with E-state index in [-0.39, 0.29) is 0 Å². The smallest absolute Gasteiger partial charge is 0.0788 e. The molecule has 3 heteroatoms. The molecule has 0 aliphatic rings. The Balaban J connectivity index is 2.45. The molecule has 1 rings (SSSR count). The van der Waals surface area contributed by atoms with E-state index in [0.29, 0.717) is 0 Å². The second-order valence-electron chi connectivity index (χ2n) is 2.01. The largest absolute Gasteiger partial charge is 0.505 e. The van der Waals surface area contributed by atoms with Gasteiger partial charge < -0.3 is 4.74 Å². The average Bonchev–Trinajstić information content (AvgIpc) is 2.07. The van der Waals surface area contributed by atoms with Gasteiger partial charge in [0.05, 0.1) is 19.1 Å². The summed E-state index contributed by atoms with van der Waals surface area (Å²) >= 11 is 0. The molecule has 0 atom stereocenters. The van der Waals surface area contributed by atoms with Gasteiger partial charge in [-0.2, -0.15) is 0 Å². The summed E-state index contributed by atoms with van der Waals surface area (Å²) in [5.74, 6) is 0. The Kier molecular flexibility index (Phi) is 3.12. The van der Waals surface area contributed by atoms with Crippen molar-refractivity contribution < 1.29 is 4.74 Å². The van der Waals surface area contributed by atoms with Crippen LogP contribution >= 0.6 is 0 Å². The lowest BCUT2D eigenvalue weighted by atomic mass is 10.3. The van der Waals surface area contributed by atoms with Gasteiger partial charge in [-0.05, 0) is 6.08 Å². The summed E-state index contributed by atoms with van der Waals surface area (Å²) in [6.45, 7) is 0. The first kappa shape index (κ1) is 7.72. The summed E-state index contributed by atoms with van der Waals surface area (Å²) in [6, 6.07) is 0. The molecule has 0 bridgehead atoms. The lowest BCUT2D eigenvalue weighted by molar-refractivity contribution is 0.336. The Morgan fingerprint density at radius 1 is 1.55 bits per heavy atom. The highest BCUT2D eigenvalue weighted by Gasteiger charge is 1.86. The lowest BCUT2D eigenvalue weighted by Crippen LogP contribution is -1.86.